The maximum atomic E-state index is 12.9. The van der Waals surface area contributed by atoms with E-state index >= 15 is 0 Å². The van der Waals surface area contributed by atoms with Gasteiger partial charge in [0, 0.05) is 6.04 Å². The predicted molar refractivity (Wildman–Crippen MR) is 84.5 cm³/mol. The van der Waals surface area contributed by atoms with Gasteiger partial charge < -0.3 is 10.1 Å². The van der Waals surface area contributed by atoms with E-state index in [2.05, 4.69) is 12.2 Å². The van der Waals surface area contributed by atoms with Crippen molar-refractivity contribution in [2.75, 3.05) is 13.7 Å². The Balaban J connectivity index is 2.18. The van der Waals surface area contributed by atoms with Crippen molar-refractivity contribution >= 4 is 9.84 Å². The lowest BCUT2D eigenvalue weighted by molar-refractivity contribution is 0.370. The van der Waals surface area contributed by atoms with Gasteiger partial charge in [-0.3, -0.25) is 0 Å². The summed E-state index contributed by atoms with van der Waals surface area (Å²) in [6.45, 7) is 3.07. The van der Waals surface area contributed by atoms with Crippen LogP contribution in [0.1, 0.15) is 39.0 Å². The fourth-order valence-electron chi connectivity index (χ4n) is 2.99. The van der Waals surface area contributed by atoms with Gasteiger partial charge in [-0.05, 0) is 44.4 Å². The first-order chi connectivity index (χ1) is 10.1. The molecule has 0 aromatic heterocycles. The number of methoxy groups -OCH3 is 1. The van der Waals surface area contributed by atoms with E-state index in [1.807, 2.05) is 0 Å². The predicted octanol–water partition coefficient (Wildman–Crippen LogP) is 2.78. The quantitative estimate of drug-likeness (QED) is 0.877. The summed E-state index contributed by atoms with van der Waals surface area (Å²) in [5.74, 6) is 0.446. The molecule has 1 fully saturated rings. The summed E-state index contributed by atoms with van der Waals surface area (Å²) in [6.07, 6.45) is 4.53. The highest BCUT2D eigenvalue weighted by Gasteiger charge is 2.34. The standard InChI is InChI=1S/C16H25NO3S/c1-3-11-17-13-7-6-8-14(12-13)21(18,19)16-10-5-4-9-15(16)20-2/h4-5,9-10,13-14,17H,3,6-8,11-12H2,1-2H3. The molecule has 2 atom stereocenters. The molecular formula is C16H25NO3S. The monoisotopic (exact) mass is 311 g/mol. The Hall–Kier alpha value is -1.07. The molecule has 0 saturated heterocycles. The van der Waals surface area contributed by atoms with Crippen molar-refractivity contribution < 1.29 is 13.2 Å². The minimum atomic E-state index is -3.33. The van der Waals surface area contributed by atoms with Crippen molar-refractivity contribution in [3.63, 3.8) is 0 Å². The number of nitrogens with one attached hydrogen (secondary N) is 1. The average Bonchev–Trinajstić information content (AvgIpc) is 2.53. The van der Waals surface area contributed by atoms with Gasteiger partial charge in [0.25, 0.3) is 0 Å². The number of benzene rings is 1. The number of rotatable bonds is 6. The van der Waals surface area contributed by atoms with Crippen LogP contribution in [0.15, 0.2) is 29.2 Å². The molecule has 0 bridgehead atoms. The van der Waals surface area contributed by atoms with Crippen molar-refractivity contribution in [2.24, 2.45) is 0 Å². The molecular weight excluding hydrogens is 286 g/mol. The highest BCUT2D eigenvalue weighted by molar-refractivity contribution is 7.92. The zero-order valence-corrected chi connectivity index (χ0v) is 13.7. The molecule has 1 aliphatic carbocycles. The topological polar surface area (TPSA) is 55.4 Å². The lowest BCUT2D eigenvalue weighted by Gasteiger charge is -2.30. The van der Waals surface area contributed by atoms with E-state index in [0.717, 1.165) is 32.2 Å². The van der Waals surface area contributed by atoms with Gasteiger partial charge in [-0.25, -0.2) is 8.42 Å². The van der Waals surface area contributed by atoms with Crippen molar-refractivity contribution in [3.05, 3.63) is 24.3 Å². The third kappa shape index (κ3) is 3.77. The maximum Gasteiger partial charge on any atom is 0.184 e. The van der Waals surface area contributed by atoms with Crippen molar-refractivity contribution in [1.29, 1.82) is 0 Å². The Morgan fingerprint density at radius 1 is 1.29 bits per heavy atom. The molecule has 1 N–H and O–H groups in total. The summed E-state index contributed by atoms with van der Waals surface area (Å²) in [7, 11) is -1.81. The van der Waals surface area contributed by atoms with Crippen LogP contribution in [0, 0.1) is 0 Å². The van der Waals surface area contributed by atoms with E-state index in [1.54, 1.807) is 24.3 Å². The zero-order valence-electron chi connectivity index (χ0n) is 12.8. The number of ether oxygens (including phenoxy) is 1. The second-order valence-corrected chi connectivity index (χ2v) is 7.83. The van der Waals surface area contributed by atoms with Gasteiger partial charge in [-0.1, -0.05) is 25.5 Å². The van der Waals surface area contributed by atoms with Gasteiger partial charge in [0.05, 0.1) is 12.4 Å². The molecule has 1 aromatic rings. The first-order valence-electron chi connectivity index (χ1n) is 7.70. The van der Waals surface area contributed by atoms with Crippen LogP contribution in [0.2, 0.25) is 0 Å². The molecule has 2 unspecified atom stereocenters. The van der Waals surface area contributed by atoms with Crippen LogP contribution >= 0.6 is 0 Å². The molecule has 5 heteroatoms. The van der Waals surface area contributed by atoms with E-state index in [4.69, 9.17) is 4.74 Å². The summed E-state index contributed by atoms with van der Waals surface area (Å²) in [6, 6.07) is 7.22. The van der Waals surface area contributed by atoms with Crippen molar-refractivity contribution in [3.8, 4) is 5.75 Å². The third-order valence-corrected chi connectivity index (χ3v) is 6.38. The minimum Gasteiger partial charge on any atom is -0.495 e. The SMILES string of the molecule is CCCNC1CCCC(S(=O)(=O)c2ccccc2OC)C1. The Labute approximate surface area is 127 Å². The summed E-state index contributed by atoms with van der Waals surface area (Å²) >= 11 is 0. The maximum absolute atomic E-state index is 12.9. The highest BCUT2D eigenvalue weighted by Crippen LogP contribution is 2.33. The smallest absolute Gasteiger partial charge is 0.184 e. The van der Waals surface area contributed by atoms with E-state index < -0.39 is 9.84 Å². The molecule has 0 spiro atoms. The number of sulfone groups is 1. The van der Waals surface area contributed by atoms with E-state index in [1.165, 1.54) is 7.11 Å². The Kier molecular flexibility index (Phi) is 5.65. The van der Waals surface area contributed by atoms with E-state index in [-0.39, 0.29) is 5.25 Å². The van der Waals surface area contributed by atoms with Crippen molar-refractivity contribution in [2.45, 2.75) is 55.2 Å². The molecule has 4 nitrogen and oxygen atoms in total. The number of hydrogen-bond donors (Lipinski definition) is 1. The van der Waals surface area contributed by atoms with E-state index in [0.29, 0.717) is 23.1 Å². The van der Waals surface area contributed by atoms with Crippen LogP contribution in [0.4, 0.5) is 0 Å². The second-order valence-electron chi connectivity index (χ2n) is 5.64. The molecule has 118 valence electrons. The Bertz CT molecular complexity index is 556. The molecule has 0 amide bonds. The average molecular weight is 311 g/mol. The molecule has 0 heterocycles. The Morgan fingerprint density at radius 2 is 2.05 bits per heavy atom. The largest absolute Gasteiger partial charge is 0.495 e. The van der Waals surface area contributed by atoms with Gasteiger partial charge >= 0.3 is 0 Å². The minimum absolute atomic E-state index is 0.308. The van der Waals surface area contributed by atoms with Gasteiger partial charge in [-0.15, -0.1) is 0 Å². The molecule has 1 aliphatic rings. The first kappa shape index (κ1) is 16.3. The summed E-state index contributed by atoms with van der Waals surface area (Å²) in [5.41, 5.74) is 0. The fraction of sp³-hybridized carbons (Fsp3) is 0.625. The Morgan fingerprint density at radius 3 is 2.76 bits per heavy atom. The third-order valence-electron chi connectivity index (χ3n) is 4.12. The van der Waals surface area contributed by atoms with Crippen LogP contribution in [0.5, 0.6) is 5.75 Å². The van der Waals surface area contributed by atoms with Crippen LogP contribution in [0.3, 0.4) is 0 Å². The molecule has 0 aliphatic heterocycles. The number of hydrogen-bond acceptors (Lipinski definition) is 4. The summed E-state index contributed by atoms with van der Waals surface area (Å²) in [5, 5.41) is 3.15. The number of para-hydroxylation sites is 1. The zero-order chi connectivity index (χ0) is 15.3. The van der Waals surface area contributed by atoms with E-state index in [9.17, 15) is 8.42 Å². The van der Waals surface area contributed by atoms with Gasteiger partial charge in [0.15, 0.2) is 9.84 Å². The van der Waals surface area contributed by atoms with Crippen LogP contribution < -0.4 is 10.1 Å². The summed E-state index contributed by atoms with van der Waals surface area (Å²) < 4.78 is 31.0. The molecule has 0 radical (unpaired) electrons. The molecule has 1 saturated carbocycles. The fourth-order valence-corrected chi connectivity index (χ4v) is 5.02. The van der Waals surface area contributed by atoms with Gasteiger partial charge in [0.2, 0.25) is 0 Å². The van der Waals surface area contributed by atoms with Crippen LogP contribution in [-0.2, 0) is 9.84 Å². The molecule has 2 rings (SSSR count). The normalized spacial score (nSPS) is 23.0. The first-order valence-corrected chi connectivity index (χ1v) is 9.24. The van der Waals surface area contributed by atoms with Gasteiger partial charge in [0.1, 0.15) is 10.6 Å². The van der Waals surface area contributed by atoms with Gasteiger partial charge in [-0.2, -0.15) is 0 Å². The van der Waals surface area contributed by atoms with Crippen molar-refractivity contribution in [1.82, 2.24) is 5.32 Å². The summed E-state index contributed by atoms with van der Waals surface area (Å²) in [4.78, 5) is 0.327. The molecule has 21 heavy (non-hydrogen) atoms. The van der Waals surface area contributed by atoms with Crippen LogP contribution in [0.25, 0.3) is 0 Å². The second kappa shape index (κ2) is 7.27. The van der Waals surface area contributed by atoms with Crippen LogP contribution in [-0.4, -0.2) is 33.4 Å². The molecule has 1 aromatic carbocycles. The lowest BCUT2D eigenvalue weighted by atomic mass is 9.95. The highest BCUT2D eigenvalue weighted by atomic mass is 32.2. The lowest BCUT2D eigenvalue weighted by Crippen LogP contribution is -2.39.